The Labute approximate surface area is 171 Å². The van der Waals surface area contributed by atoms with Crippen molar-refractivity contribution in [2.75, 3.05) is 22.8 Å². The lowest BCUT2D eigenvalue weighted by Gasteiger charge is -2.25. The van der Waals surface area contributed by atoms with Crippen LogP contribution in [0, 0.1) is 17.0 Å². The van der Waals surface area contributed by atoms with Crippen LogP contribution in [-0.2, 0) is 0 Å². The standard InChI is InChI=1S/C22H18N4O4/c1-13-10-11-15(26(29)30)12-17(13)23-19-20(22(28)21(19)27)24-25(2)18-9-5-7-14-6-3-4-8-16(14)18/h3-12,23-24H,1-2H3. The summed E-state index contributed by atoms with van der Waals surface area (Å²) in [6.07, 6.45) is 0. The molecular weight excluding hydrogens is 384 g/mol. The number of anilines is 4. The Bertz CT molecular complexity index is 1350. The minimum absolute atomic E-state index is 0.0793. The first-order valence-corrected chi connectivity index (χ1v) is 9.20. The van der Waals surface area contributed by atoms with Crippen LogP contribution in [-0.4, -0.2) is 12.0 Å². The predicted molar refractivity (Wildman–Crippen MR) is 118 cm³/mol. The molecule has 0 fully saturated rings. The van der Waals surface area contributed by atoms with Crippen molar-refractivity contribution in [2.24, 2.45) is 0 Å². The summed E-state index contributed by atoms with van der Waals surface area (Å²) >= 11 is 0. The van der Waals surface area contributed by atoms with E-state index in [-0.39, 0.29) is 17.1 Å². The Hall–Kier alpha value is -4.20. The Balaban J connectivity index is 1.66. The quantitative estimate of drug-likeness (QED) is 0.287. The highest BCUT2D eigenvalue weighted by Gasteiger charge is 2.23. The van der Waals surface area contributed by atoms with Gasteiger partial charge in [0.05, 0.1) is 10.6 Å². The van der Waals surface area contributed by atoms with Crippen LogP contribution in [0.5, 0.6) is 0 Å². The van der Waals surface area contributed by atoms with Crippen molar-refractivity contribution in [1.82, 2.24) is 0 Å². The fourth-order valence-corrected chi connectivity index (χ4v) is 3.34. The number of fused-ring (bicyclic) bond motifs is 1. The molecule has 30 heavy (non-hydrogen) atoms. The number of benzene rings is 3. The number of nitrogens with one attached hydrogen (secondary N) is 2. The first kappa shape index (κ1) is 19.1. The van der Waals surface area contributed by atoms with Gasteiger partial charge in [0.25, 0.3) is 16.5 Å². The van der Waals surface area contributed by atoms with E-state index in [0.29, 0.717) is 11.3 Å². The molecule has 150 valence electrons. The van der Waals surface area contributed by atoms with Gasteiger partial charge in [-0.3, -0.25) is 30.1 Å². The molecule has 0 saturated heterocycles. The Morgan fingerprint density at radius 3 is 2.40 bits per heavy atom. The number of rotatable bonds is 6. The van der Waals surface area contributed by atoms with Gasteiger partial charge >= 0.3 is 0 Å². The molecule has 0 heterocycles. The van der Waals surface area contributed by atoms with E-state index in [1.807, 2.05) is 42.5 Å². The van der Waals surface area contributed by atoms with Crippen molar-refractivity contribution in [1.29, 1.82) is 0 Å². The van der Waals surface area contributed by atoms with E-state index in [0.717, 1.165) is 16.5 Å². The molecule has 4 rings (SSSR count). The van der Waals surface area contributed by atoms with Gasteiger partial charge < -0.3 is 5.32 Å². The maximum absolute atomic E-state index is 12.2. The van der Waals surface area contributed by atoms with E-state index in [4.69, 9.17) is 0 Å². The molecule has 8 heteroatoms. The highest BCUT2D eigenvalue weighted by atomic mass is 16.6. The molecule has 0 spiro atoms. The fraction of sp³-hybridized carbons (Fsp3) is 0.0909. The molecule has 0 bridgehead atoms. The maximum atomic E-state index is 12.2. The van der Waals surface area contributed by atoms with Crippen molar-refractivity contribution in [3.05, 3.63) is 96.8 Å². The molecule has 0 radical (unpaired) electrons. The summed E-state index contributed by atoms with van der Waals surface area (Å²) in [5, 5.41) is 17.6. The molecule has 4 aromatic rings. The SMILES string of the molecule is Cc1ccc([N+](=O)[O-])cc1Nc1c(NN(C)c2cccc3ccccc23)c(=O)c1=O. The van der Waals surface area contributed by atoms with Crippen LogP contribution in [0.2, 0.25) is 0 Å². The number of hydrogen-bond donors (Lipinski definition) is 2. The average Bonchev–Trinajstić information content (AvgIpc) is 2.76. The van der Waals surface area contributed by atoms with Crippen LogP contribution in [0.1, 0.15) is 5.56 Å². The molecule has 0 aliphatic carbocycles. The van der Waals surface area contributed by atoms with E-state index >= 15 is 0 Å². The molecule has 4 aromatic carbocycles. The lowest BCUT2D eigenvalue weighted by Crippen LogP contribution is -2.40. The molecule has 0 aromatic heterocycles. The Morgan fingerprint density at radius 2 is 1.63 bits per heavy atom. The monoisotopic (exact) mass is 402 g/mol. The van der Waals surface area contributed by atoms with Gasteiger partial charge in [0.2, 0.25) is 0 Å². The summed E-state index contributed by atoms with van der Waals surface area (Å²) in [6, 6.07) is 17.9. The summed E-state index contributed by atoms with van der Waals surface area (Å²) < 4.78 is 0. The zero-order chi connectivity index (χ0) is 21.4. The van der Waals surface area contributed by atoms with Gasteiger partial charge in [-0.05, 0) is 23.9 Å². The summed E-state index contributed by atoms with van der Waals surface area (Å²) in [7, 11) is 1.75. The molecule has 0 amide bonds. The van der Waals surface area contributed by atoms with Crippen molar-refractivity contribution in [3.8, 4) is 0 Å². The highest BCUT2D eigenvalue weighted by Crippen LogP contribution is 2.29. The second-order valence-electron chi connectivity index (χ2n) is 6.96. The number of nitro groups is 1. The van der Waals surface area contributed by atoms with Gasteiger partial charge in [0.1, 0.15) is 11.4 Å². The van der Waals surface area contributed by atoms with E-state index in [1.54, 1.807) is 25.0 Å². The van der Waals surface area contributed by atoms with Gasteiger partial charge in [-0.15, -0.1) is 0 Å². The molecule has 0 unspecified atom stereocenters. The van der Waals surface area contributed by atoms with Crippen LogP contribution in [0.25, 0.3) is 10.8 Å². The van der Waals surface area contributed by atoms with Crippen molar-refractivity contribution >= 4 is 39.2 Å². The van der Waals surface area contributed by atoms with Gasteiger partial charge in [-0.2, -0.15) is 0 Å². The lowest BCUT2D eigenvalue weighted by molar-refractivity contribution is -0.384. The van der Waals surface area contributed by atoms with Gasteiger partial charge in [0, 0.05) is 30.3 Å². The first-order valence-electron chi connectivity index (χ1n) is 9.20. The number of hydrazine groups is 1. The summed E-state index contributed by atoms with van der Waals surface area (Å²) in [5.41, 5.74) is 3.68. The van der Waals surface area contributed by atoms with Crippen LogP contribution in [0.4, 0.5) is 28.4 Å². The number of nitrogens with zero attached hydrogens (tertiary/aromatic N) is 2. The minimum atomic E-state index is -0.672. The van der Waals surface area contributed by atoms with E-state index < -0.39 is 15.8 Å². The minimum Gasteiger partial charge on any atom is -0.350 e. The summed E-state index contributed by atoms with van der Waals surface area (Å²) in [5.74, 6) is 0. The normalized spacial score (nSPS) is 10.9. The smallest absolute Gasteiger partial charge is 0.271 e. The number of non-ortho nitro benzene ring substituents is 1. The zero-order valence-electron chi connectivity index (χ0n) is 16.3. The van der Waals surface area contributed by atoms with E-state index in [1.165, 1.54) is 12.1 Å². The lowest BCUT2D eigenvalue weighted by atomic mass is 10.1. The van der Waals surface area contributed by atoms with Gasteiger partial charge in [-0.1, -0.05) is 42.5 Å². The molecule has 0 atom stereocenters. The third-order valence-corrected chi connectivity index (χ3v) is 5.01. The third-order valence-electron chi connectivity index (χ3n) is 5.01. The van der Waals surface area contributed by atoms with E-state index in [9.17, 15) is 19.7 Å². The van der Waals surface area contributed by atoms with Gasteiger partial charge in [0.15, 0.2) is 0 Å². The number of nitro benzene ring substituents is 1. The van der Waals surface area contributed by atoms with Crippen LogP contribution < -0.4 is 26.6 Å². The zero-order valence-corrected chi connectivity index (χ0v) is 16.3. The molecule has 8 nitrogen and oxygen atoms in total. The average molecular weight is 402 g/mol. The molecule has 0 aliphatic rings. The highest BCUT2D eigenvalue weighted by molar-refractivity contribution is 5.95. The fourth-order valence-electron chi connectivity index (χ4n) is 3.34. The summed E-state index contributed by atoms with van der Waals surface area (Å²) in [6.45, 7) is 1.76. The Kier molecular flexibility index (Phi) is 4.67. The molecule has 0 aliphatic heterocycles. The van der Waals surface area contributed by atoms with Crippen molar-refractivity contribution in [3.63, 3.8) is 0 Å². The second kappa shape index (κ2) is 7.32. The molecule has 0 saturated carbocycles. The van der Waals surface area contributed by atoms with Crippen molar-refractivity contribution < 1.29 is 4.92 Å². The topological polar surface area (TPSA) is 105 Å². The van der Waals surface area contributed by atoms with Crippen LogP contribution in [0.3, 0.4) is 0 Å². The third kappa shape index (κ3) is 3.24. The molecule has 2 N–H and O–H groups in total. The van der Waals surface area contributed by atoms with Gasteiger partial charge in [-0.25, -0.2) is 0 Å². The van der Waals surface area contributed by atoms with Crippen LogP contribution in [0.15, 0.2) is 70.3 Å². The Morgan fingerprint density at radius 1 is 0.933 bits per heavy atom. The predicted octanol–water partition coefficient (Wildman–Crippen LogP) is 3.86. The number of aryl methyl sites for hydroxylation is 1. The largest absolute Gasteiger partial charge is 0.350 e. The second-order valence-corrected chi connectivity index (χ2v) is 6.96. The van der Waals surface area contributed by atoms with Crippen LogP contribution >= 0.6 is 0 Å². The van der Waals surface area contributed by atoms with E-state index in [2.05, 4.69) is 10.7 Å². The molecular formula is C22H18N4O4. The van der Waals surface area contributed by atoms with Crippen molar-refractivity contribution in [2.45, 2.75) is 6.92 Å². The maximum Gasteiger partial charge on any atom is 0.271 e. The number of hydrogen-bond acceptors (Lipinski definition) is 7. The first-order chi connectivity index (χ1) is 14.4. The summed E-state index contributed by atoms with van der Waals surface area (Å²) in [4.78, 5) is 34.9.